The summed E-state index contributed by atoms with van der Waals surface area (Å²) in [6, 6.07) is 10.2. The van der Waals surface area contributed by atoms with Crippen LogP contribution in [0.25, 0.3) is 5.82 Å². The van der Waals surface area contributed by atoms with E-state index >= 15 is 0 Å². The third-order valence-electron chi connectivity index (χ3n) is 3.23. The summed E-state index contributed by atoms with van der Waals surface area (Å²) in [6.07, 6.45) is -2.01. The molecule has 2 heterocycles. The Balaban J connectivity index is 2.02. The molecule has 0 bridgehead atoms. The van der Waals surface area contributed by atoms with Crippen molar-refractivity contribution in [3.63, 3.8) is 0 Å². The first kappa shape index (κ1) is 17.0. The van der Waals surface area contributed by atoms with Gasteiger partial charge in [-0.25, -0.2) is 13.4 Å². The lowest BCUT2D eigenvalue weighted by Gasteiger charge is -2.14. The fourth-order valence-corrected chi connectivity index (χ4v) is 3.44. The van der Waals surface area contributed by atoms with Crippen molar-refractivity contribution in [3.8, 4) is 5.82 Å². The highest BCUT2D eigenvalue weighted by Crippen LogP contribution is 2.34. The van der Waals surface area contributed by atoms with E-state index in [1.807, 2.05) is 0 Å². The molecule has 0 unspecified atom stereocenters. The molecule has 1 aromatic carbocycles. The Morgan fingerprint density at radius 1 is 0.960 bits per heavy atom. The lowest BCUT2D eigenvalue weighted by Crippen LogP contribution is -2.20. The number of hydrogen-bond donors (Lipinski definition) is 1. The van der Waals surface area contributed by atoms with Gasteiger partial charge in [0.25, 0.3) is 10.0 Å². The van der Waals surface area contributed by atoms with Crippen LogP contribution in [0, 0.1) is 0 Å². The van der Waals surface area contributed by atoms with E-state index in [2.05, 4.69) is 14.8 Å². The van der Waals surface area contributed by atoms with E-state index in [4.69, 9.17) is 0 Å². The molecule has 0 fully saturated rings. The minimum absolute atomic E-state index is 0.0318. The van der Waals surface area contributed by atoms with E-state index in [9.17, 15) is 21.6 Å². The summed E-state index contributed by atoms with van der Waals surface area (Å²) in [7, 11) is -4.49. The van der Waals surface area contributed by atoms with Crippen LogP contribution in [0.15, 0.2) is 65.8 Å². The van der Waals surface area contributed by atoms with E-state index in [-0.39, 0.29) is 5.82 Å². The van der Waals surface area contributed by atoms with E-state index < -0.39 is 26.7 Å². The Morgan fingerprint density at radius 3 is 2.36 bits per heavy atom. The van der Waals surface area contributed by atoms with Gasteiger partial charge in [0.1, 0.15) is 5.82 Å². The second kappa shape index (κ2) is 6.20. The van der Waals surface area contributed by atoms with E-state index in [0.717, 1.165) is 12.1 Å². The van der Waals surface area contributed by atoms with Gasteiger partial charge < -0.3 is 0 Å². The zero-order valence-corrected chi connectivity index (χ0v) is 13.3. The van der Waals surface area contributed by atoms with Crippen LogP contribution < -0.4 is 4.72 Å². The standard InChI is InChI=1S/C15H11F3N4O2S/c16-15(17,18)11-5-1-2-6-12(11)25(23,24)21-14-8-10-20-22(14)13-7-3-4-9-19-13/h1-10,21H. The third kappa shape index (κ3) is 3.48. The molecule has 3 rings (SSSR count). The molecule has 0 atom stereocenters. The molecule has 2 aromatic heterocycles. The summed E-state index contributed by atoms with van der Waals surface area (Å²) < 4.78 is 67.5. The minimum atomic E-state index is -4.80. The molecule has 0 spiro atoms. The van der Waals surface area contributed by atoms with Crippen LogP contribution in [0.3, 0.4) is 0 Å². The number of anilines is 1. The van der Waals surface area contributed by atoms with Crippen LogP contribution in [0.4, 0.5) is 19.0 Å². The summed E-state index contributed by atoms with van der Waals surface area (Å²) in [5.41, 5.74) is -1.24. The zero-order chi connectivity index (χ0) is 18.1. The number of halogens is 3. The lowest BCUT2D eigenvalue weighted by atomic mass is 10.2. The largest absolute Gasteiger partial charge is 0.417 e. The van der Waals surface area contributed by atoms with Gasteiger partial charge >= 0.3 is 6.18 Å². The number of nitrogens with zero attached hydrogens (tertiary/aromatic N) is 3. The molecule has 0 amide bonds. The molecule has 0 saturated heterocycles. The van der Waals surface area contributed by atoms with Crippen LogP contribution in [0.5, 0.6) is 0 Å². The molecular weight excluding hydrogens is 357 g/mol. The molecule has 3 aromatic rings. The van der Waals surface area contributed by atoms with Crippen molar-refractivity contribution in [2.24, 2.45) is 0 Å². The zero-order valence-electron chi connectivity index (χ0n) is 12.5. The normalized spacial score (nSPS) is 12.1. The molecule has 0 aliphatic heterocycles. The molecule has 0 radical (unpaired) electrons. The number of alkyl halides is 3. The Morgan fingerprint density at radius 2 is 1.68 bits per heavy atom. The van der Waals surface area contributed by atoms with Gasteiger partial charge in [-0.1, -0.05) is 18.2 Å². The summed E-state index contributed by atoms with van der Waals surface area (Å²) in [6.45, 7) is 0. The second-order valence-corrected chi connectivity index (χ2v) is 6.57. The van der Waals surface area contributed by atoms with Crippen molar-refractivity contribution in [3.05, 3.63) is 66.5 Å². The maximum absolute atomic E-state index is 13.1. The first-order valence-corrected chi connectivity index (χ1v) is 8.42. The molecule has 25 heavy (non-hydrogen) atoms. The number of hydrogen-bond acceptors (Lipinski definition) is 4. The number of benzene rings is 1. The van der Waals surface area contributed by atoms with Crippen LogP contribution in [0.1, 0.15) is 5.56 Å². The summed E-state index contributed by atoms with van der Waals surface area (Å²) >= 11 is 0. The van der Waals surface area contributed by atoms with Crippen molar-refractivity contribution in [2.45, 2.75) is 11.1 Å². The average molecular weight is 368 g/mol. The fraction of sp³-hybridized carbons (Fsp3) is 0.0667. The third-order valence-corrected chi connectivity index (χ3v) is 4.64. The molecule has 10 heteroatoms. The average Bonchev–Trinajstić information content (AvgIpc) is 3.02. The summed E-state index contributed by atoms with van der Waals surface area (Å²) in [4.78, 5) is 3.16. The molecule has 6 nitrogen and oxygen atoms in total. The van der Waals surface area contributed by atoms with E-state index in [0.29, 0.717) is 11.9 Å². The fourth-order valence-electron chi connectivity index (χ4n) is 2.17. The summed E-state index contributed by atoms with van der Waals surface area (Å²) in [5, 5.41) is 3.94. The predicted octanol–water partition coefficient (Wildman–Crippen LogP) is 3.09. The Bertz CT molecular complexity index is 985. The predicted molar refractivity (Wildman–Crippen MR) is 83.6 cm³/mol. The molecule has 0 aliphatic rings. The van der Waals surface area contributed by atoms with Crippen LogP contribution >= 0.6 is 0 Å². The van der Waals surface area contributed by atoms with Gasteiger partial charge in [-0.2, -0.15) is 23.0 Å². The molecule has 130 valence electrons. The maximum Gasteiger partial charge on any atom is 0.417 e. The Labute approximate surface area is 141 Å². The first-order valence-electron chi connectivity index (χ1n) is 6.93. The van der Waals surface area contributed by atoms with Crippen LogP contribution in [-0.2, 0) is 16.2 Å². The van der Waals surface area contributed by atoms with Gasteiger partial charge in [0.2, 0.25) is 0 Å². The maximum atomic E-state index is 13.1. The Hall–Kier alpha value is -2.88. The van der Waals surface area contributed by atoms with Crippen LogP contribution in [-0.4, -0.2) is 23.2 Å². The van der Waals surface area contributed by atoms with Crippen molar-refractivity contribution < 1.29 is 21.6 Å². The minimum Gasteiger partial charge on any atom is -0.263 e. The second-order valence-electron chi connectivity index (χ2n) is 4.92. The van der Waals surface area contributed by atoms with Gasteiger partial charge in [-0.15, -0.1) is 0 Å². The molecule has 0 aliphatic carbocycles. The highest BCUT2D eigenvalue weighted by molar-refractivity contribution is 7.92. The smallest absolute Gasteiger partial charge is 0.263 e. The SMILES string of the molecule is O=S(=O)(Nc1ccnn1-c1ccccn1)c1ccccc1C(F)(F)F. The van der Waals surface area contributed by atoms with Crippen molar-refractivity contribution in [2.75, 3.05) is 4.72 Å². The highest BCUT2D eigenvalue weighted by Gasteiger charge is 2.37. The number of rotatable bonds is 4. The number of pyridine rings is 1. The van der Waals surface area contributed by atoms with Gasteiger partial charge in [0.05, 0.1) is 16.7 Å². The Kier molecular flexibility index (Phi) is 4.21. The van der Waals surface area contributed by atoms with E-state index in [1.165, 1.54) is 29.2 Å². The number of aromatic nitrogens is 3. The van der Waals surface area contributed by atoms with Gasteiger partial charge in [-0.3, -0.25) is 4.72 Å². The van der Waals surface area contributed by atoms with Gasteiger partial charge in [-0.05, 0) is 24.3 Å². The molecular formula is C15H11F3N4O2S. The molecule has 0 saturated carbocycles. The number of nitrogens with one attached hydrogen (secondary N) is 1. The highest BCUT2D eigenvalue weighted by atomic mass is 32.2. The van der Waals surface area contributed by atoms with Gasteiger partial charge in [0, 0.05) is 12.3 Å². The lowest BCUT2D eigenvalue weighted by molar-refractivity contribution is -0.139. The van der Waals surface area contributed by atoms with Crippen LogP contribution in [0.2, 0.25) is 0 Å². The first-order chi connectivity index (χ1) is 11.8. The van der Waals surface area contributed by atoms with Crippen molar-refractivity contribution in [1.82, 2.24) is 14.8 Å². The van der Waals surface area contributed by atoms with E-state index in [1.54, 1.807) is 18.2 Å². The monoisotopic (exact) mass is 368 g/mol. The number of sulfonamides is 1. The summed E-state index contributed by atoms with van der Waals surface area (Å²) in [5.74, 6) is 0.282. The quantitative estimate of drug-likeness (QED) is 0.768. The molecule has 1 N–H and O–H groups in total. The topological polar surface area (TPSA) is 76.9 Å². The van der Waals surface area contributed by atoms with Crippen molar-refractivity contribution >= 4 is 15.8 Å². The van der Waals surface area contributed by atoms with Gasteiger partial charge in [0.15, 0.2) is 5.82 Å². The van der Waals surface area contributed by atoms with Crippen molar-refractivity contribution in [1.29, 1.82) is 0 Å².